The van der Waals surface area contributed by atoms with E-state index in [2.05, 4.69) is 73.8 Å². The molecule has 0 bridgehead atoms. The van der Waals surface area contributed by atoms with Crippen LogP contribution in [-0.4, -0.2) is 0 Å². The summed E-state index contributed by atoms with van der Waals surface area (Å²) < 4.78 is 0. The summed E-state index contributed by atoms with van der Waals surface area (Å²) in [7, 11) is 0. The minimum absolute atomic E-state index is 1.03. The van der Waals surface area contributed by atoms with Crippen LogP contribution < -0.4 is 0 Å². The van der Waals surface area contributed by atoms with Gasteiger partial charge in [0.25, 0.3) is 0 Å². The zero-order chi connectivity index (χ0) is 13.7. The third-order valence-electron chi connectivity index (χ3n) is 4.12. The molecule has 0 saturated carbocycles. The van der Waals surface area contributed by atoms with E-state index in [1.54, 1.807) is 0 Å². The molecule has 0 nitrogen and oxygen atoms in total. The Hall–Kier alpha value is -2.60. The number of hydrogen-bond acceptors (Lipinski definition) is 0. The standard InChI is InChI=1S/C20H14/c1-13(19-11-15-7-3-5-9-17(15)19)14(2)20-12-16-8-4-6-10-18(16)20/h3-12H,1-2H2. The highest BCUT2D eigenvalue weighted by atomic mass is 14.3. The molecule has 0 N–H and O–H groups in total. The SMILES string of the molecule is C=C(C(=C)C1=Cc2ccccc21)C1=Cc2ccccc21. The highest BCUT2D eigenvalue weighted by Crippen LogP contribution is 2.45. The fraction of sp³-hybridized carbons (Fsp3) is 0. The van der Waals surface area contributed by atoms with Gasteiger partial charge in [-0.3, -0.25) is 0 Å². The van der Waals surface area contributed by atoms with Crippen LogP contribution in [0.5, 0.6) is 0 Å². The van der Waals surface area contributed by atoms with Crippen molar-refractivity contribution in [1.29, 1.82) is 0 Å². The van der Waals surface area contributed by atoms with Gasteiger partial charge in [0, 0.05) is 0 Å². The van der Waals surface area contributed by atoms with Crippen LogP contribution in [0.1, 0.15) is 22.3 Å². The molecule has 0 atom stereocenters. The van der Waals surface area contributed by atoms with Crippen molar-refractivity contribution in [3.63, 3.8) is 0 Å². The van der Waals surface area contributed by atoms with Gasteiger partial charge >= 0.3 is 0 Å². The first-order chi connectivity index (χ1) is 9.75. The maximum Gasteiger partial charge on any atom is -0.00992 e. The topological polar surface area (TPSA) is 0 Å². The molecule has 2 aromatic carbocycles. The van der Waals surface area contributed by atoms with E-state index in [-0.39, 0.29) is 0 Å². The Labute approximate surface area is 119 Å². The van der Waals surface area contributed by atoms with Gasteiger partial charge in [0.05, 0.1) is 0 Å². The second-order valence-corrected chi connectivity index (χ2v) is 5.25. The maximum absolute atomic E-state index is 4.24. The highest BCUT2D eigenvalue weighted by Gasteiger charge is 2.24. The summed E-state index contributed by atoms with van der Waals surface area (Å²) in [5.74, 6) is 0. The van der Waals surface area contributed by atoms with Crippen LogP contribution in [-0.2, 0) is 0 Å². The molecule has 0 heteroatoms. The lowest BCUT2D eigenvalue weighted by Crippen LogP contribution is -2.06. The van der Waals surface area contributed by atoms with Crippen LogP contribution in [0, 0.1) is 0 Å². The van der Waals surface area contributed by atoms with Crippen molar-refractivity contribution in [2.75, 3.05) is 0 Å². The molecule has 0 heterocycles. The molecule has 0 spiro atoms. The quantitative estimate of drug-likeness (QED) is 0.660. The monoisotopic (exact) mass is 254 g/mol. The molecule has 0 saturated heterocycles. The summed E-state index contributed by atoms with van der Waals surface area (Å²) in [6.45, 7) is 8.49. The Bertz CT molecular complexity index is 757. The van der Waals surface area contributed by atoms with Crippen LogP contribution in [0.4, 0.5) is 0 Å². The molecule has 2 aliphatic rings. The van der Waals surface area contributed by atoms with E-state index in [0.717, 1.165) is 11.1 Å². The summed E-state index contributed by atoms with van der Waals surface area (Å²) in [5, 5.41) is 0. The summed E-state index contributed by atoms with van der Waals surface area (Å²) in [5.41, 5.74) is 9.65. The predicted molar refractivity (Wildman–Crippen MR) is 86.9 cm³/mol. The summed E-state index contributed by atoms with van der Waals surface area (Å²) >= 11 is 0. The Morgan fingerprint density at radius 2 is 1.00 bits per heavy atom. The molecule has 20 heavy (non-hydrogen) atoms. The van der Waals surface area contributed by atoms with Crippen LogP contribution in [0.15, 0.2) is 72.8 Å². The molecule has 2 aliphatic carbocycles. The fourth-order valence-electron chi connectivity index (χ4n) is 2.87. The van der Waals surface area contributed by atoms with E-state index >= 15 is 0 Å². The Kier molecular flexibility index (Phi) is 2.22. The van der Waals surface area contributed by atoms with Crippen molar-refractivity contribution < 1.29 is 0 Å². The lowest BCUT2D eigenvalue weighted by molar-refractivity contribution is 1.45. The first-order valence-electron chi connectivity index (χ1n) is 6.77. The maximum atomic E-state index is 4.24. The van der Waals surface area contributed by atoms with Gasteiger partial charge in [-0.2, -0.15) is 0 Å². The Morgan fingerprint density at radius 3 is 1.40 bits per heavy atom. The molecule has 0 amide bonds. The summed E-state index contributed by atoms with van der Waals surface area (Å²) in [6.07, 6.45) is 4.38. The Balaban J connectivity index is 1.62. The first-order valence-corrected chi connectivity index (χ1v) is 6.77. The van der Waals surface area contributed by atoms with Gasteiger partial charge in [0.15, 0.2) is 0 Å². The largest absolute Gasteiger partial charge is 0.0905 e. The third kappa shape index (κ3) is 1.42. The van der Waals surface area contributed by atoms with Crippen molar-refractivity contribution in [2.45, 2.75) is 0 Å². The molecule has 2 aromatic rings. The van der Waals surface area contributed by atoms with Crippen molar-refractivity contribution in [3.05, 3.63) is 95.1 Å². The number of fused-ring (bicyclic) bond motifs is 2. The van der Waals surface area contributed by atoms with Crippen LogP contribution in [0.3, 0.4) is 0 Å². The molecule has 0 fully saturated rings. The molecule has 0 aromatic heterocycles. The van der Waals surface area contributed by atoms with Gasteiger partial charge < -0.3 is 0 Å². The normalized spacial score (nSPS) is 14.0. The van der Waals surface area contributed by atoms with Crippen LogP contribution >= 0.6 is 0 Å². The zero-order valence-corrected chi connectivity index (χ0v) is 11.2. The van der Waals surface area contributed by atoms with E-state index in [4.69, 9.17) is 0 Å². The number of allylic oxidation sites excluding steroid dienone is 4. The van der Waals surface area contributed by atoms with E-state index in [0.29, 0.717) is 0 Å². The molecule has 0 radical (unpaired) electrons. The average molecular weight is 254 g/mol. The second-order valence-electron chi connectivity index (χ2n) is 5.25. The summed E-state index contributed by atoms with van der Waals surface area (Å²) in [6, 6.07) is 16.8. The minimum Gasteiger partial charge on any atom is -0.0905 e. The molecular formula is C20H14. The van der Waals surface area contributed by atoms with Gasteiger partial charge in [0.1, 0.15) is 0 Å². The first kappa shape index (κ1) is 11.2. The molecule has 94 valence electrons. The van der Waals surface area contributed by atoms with Crippen molar-refractivity contribution in [3.8, 4) is 0 Å². The van der Waals surface area contributed by atoms with E-state index < -0.39 is 0 Å². The summed E-state index contributed by atoms with van der Waals surface area (Å²) in [4.78, 5) is 0. The fourth-order valence-corrected chi connectivity index (χ4v) is 2.87. The lowest BCUT2D eigenvalue weighted by atomic mass is 9.76. The molecular weight excluding hydrogens is 240 g/mol. The molecule has 4 rings (SSSR count). The second kappa shape index (κ2) is 3.94. The van der Waals surface area contributed by atoms with Crippen LogP contribution in [0.25, 0.3) is 23.3 Å². The number of rotatable bonds is 3. The van der Waals surface area contributed by atoms with Crippen molar-refractivity contribution in [2.24, 2.45) is 0 Å². The number of benzene rings is 2. The van der Waals surface area contributed by atoms with E-state index in [1.165, 1.54) is 33.4 Å². The average Bonchev–Trinajstić information content (AvgIpc) is 2.41. The van der Waals surface area contributed by atoms with Gasteiger partial charge in [-0.15, -0.1) is 0 Å². The minimum atomic E-state index is 1.03. The lowest BCUT2D eigenvalue weighted by Gasteiger charge is -2.27. The van der Waals surface area contributed by atoms with Gasteiger partial charge in [-0.25, -0.2) is 0 Å². The van der Waals surface area contributed by atoms with Gasteiger partial charge in [0.2, 0.25) is 0 Å². The number of hydrogen-bond donors (Lipinski definition) is 0. The molecule has 0 unspecified atom stereocenters. The van der Waals surface area contributed by atoms with Gasteiger partial charge in [-0.1, -0.05) is 61.7 Å². The molecule has 0 aliphatic heterocycles. The van der Waals surface area contributed by atoms with Gasteiger partial charge in [-0.05, 0) is 56.7 Å². The van der Waals surface area contributed by atoms with E-state index in [9.17, 15) is 0 Å². The Morgan fingerprint density at radius 1 is 0.600 bits per heavy atom. The predicted octanol–water partition coefficient (Wildman–Crippen LogP) is 5.21. The van der Waals surface area contributed by atoms with Crippen molar-refractivity contribution >= 4 is 23.3 Å². The van der Waals surface area contributed by atoms with Crippen LogP contribution in [0.2, 0.25) is 0 Å². The van der Waals surface area contributed by atoms with E-state index in [1.807, 2.05) is 0 Å². The highest BCUT2D eigenvalue weighted by molar-refractivity contribution is 6.11. The smallest absolute Gasteiger partial charge is 0.00992 e. The third-order valence-corrected chi connectivity index (χ3v) is 4.12. The van der Waals surface area contributed by atoms with Crippen molar-refractivity contribution in [1.82, 2.24) is 0 Å². The zero-order valence-electron chi connectivity index (χ0n) is 11.2.